The van der Waals surface area contributed by atoms with E-state index >= 15 is 0 Å². The lowest BCUT2D eigenvalue weighted by atomic mass is 9.43. The molecule has 0 radical (unpaired) electrons. The molecule has 4 nitrogen and oxygen atoms in total. The summed E-state index contributed by atoms with van der Waals surface area (Å²) >= 11 is 0. The van der Waals surface area contributed by atoms with Gasteiger partial charge in [-0.1, -0.05) is 25.5 Å². The molecule has 3 saturated carbocycles. The molecule has 1 N–H and O–H groups in total. The first-order valence-electron chi connectivity index (χ1n) is 10.9. The Morgan fingerprint density at radius 3 is 2.59 bits per heavy atom. The van der Waals surface area contributed by atoms with Gasteiger partial charge in [-0.25, -0.2) is 0 Å². The van der Waals surface area contributed by atoms with E-state index in [0.29, 0.717) is 49.6 Å². The van der Waals surface area contributed by atoms with Gasteiger partial charge in [0.1, 0.15) is 5.78 Å². The van der Waals surface area contributed by atoms with Gasteiger partial charge < -0.3 is 14.6 Å². The number of ether oxygens (including phenoxy) is 2. The Morgan fingerprint density at radius 1 is 1.11 bits per heavy atom. The highest BCUT2D eigenvalue weighted by Crippen LogP contribution is 2.67. The number of aliphatic hydroxyl groups is 1. The van der Waals surface area contributed by atoms with E-state index in [0.717, 1.165) is 32.1 Å². The molecule has 6 unspecified atom stereocenters. The minimum Gasteiger partial charge on any atom is -0.390 e. The molecule has 4 aliphatic carbocycles. The van der Waals surface area contributed by atoms with Crippen molar-refractivity contribution in [3.8, 4) is 0 Å². The highest BCUT2D eigenvalue weighted by Gasteiger charge is 2.65. The molecule has 4 heteroatoms. The smallest absolute Gasteiger partial charge is 0.160 e. The molecule has 0 aromatic heterocycles. The first kappa shape index (κ1) is 18.3. The maximum atomic E-state index is 12.7. The number of ketones is 1. The van der Waals surface area contributed by atoms with Crippen LogP contribution >= 0.6 is 0 Å². The number of carbonyl (C=O) groups is 1. The summed E-state index contributed by atoms with van der Waals surface area (Å²) in [6.45, 7) is 7.96. The van der Waals surface area contributed by atoms with E-state index in [2.05, 4.69) is 19.9 Å². The third kappa shape index (κ3) is 2.49. The molecular formula is C23H34O4. The van der Waals surface area contributed by atoms with Crippen molar-refractivity contribution in [1.82, 2.24) is 0 Å². The Morgan fingerprint density at radius 2 is 1.85 bits per heavy atom. The SMILES string of the molecule is CC12C[C@](C)(O)C3C(CC=C4CC(C5OCCO5)CCC43C)C1CCC2=O. The number of fused-ring (bicyclic) bond motifs is 5. The van der Waals surface area contributed by atoms with E-state index in [4.69, 9.17) is 9.47 Å². The summed E-state index contributed by atoms with van der Waals surface area (Å²) in [6, 6.07) is 0. The Bertz CT molecular complexity index is 676. The second-order valence-corrected chi connectivity index (χ2v) is 10.7. The number of hydrogen-bond donors (Lipinski definition) is 1. The predicted octanol–water partition coefficient (Wildman–Crippen LogP) is 3.87. The van der Waals surface area contributed by atoms with Crippen molar-refractivity contribution in [2.75, 3.05) is 13.2 Å². The maximum Gasteiger partial charge on any atom is 0.160 e. The highest BCUT2D eigenvalue weighted by atomic mass is 16.7. The molecule has 0 aromatic rings. The van der Waals surface area contributed by atoms with Crippen LogP contribution in [0, 0.1) is 34.5 Å². The molecule has 0 bridgehead atoms. The lowest BCUT2D eigenvalue weighted by Gasteiger charge is -2.62. The number of allylic oxidation sites excluding steroid dienone is 2. The lowest BCUT2D eigenvalue weighted by Crippen LogP contribution is -2.61. The van der Waals surface area contributed by atoms with Crippen molar-refractivity contribution in [2.24, 2.45) is 34.5 Å². The van der Waals surface area contributed by atoms with Crippen molar-refractivity contribution >= 4 is 5.78 Å². The molecule has 7 atom stereocenters. The van der Waals surface area contributed by atoms with Crippen molar-refractivity contribution < 1.29 is 19.4 Å². The van der Waals surface area contributed by atoms with Crippen molar-refractivity contribution in [2.45, 2.75) is 77.6 Å². The number of carbonyl (C=O) groups excluding carboxylic acids is 1. The van der Waals surface area contributed by atoms with Crippen LogP contribution < -0.4 is 0 Å². The van der Waals surface area contributed by atoms with Gasteiger partial charge >= 0.3 is 0 Å². The van der Waals surface area contributed by atoms with Crippen LogP contribution in [0.2, 0.25) is 0 Å². The zero-order valence-corrected chi connectivity index (χ0v) is 17.0. The second-order valence-electron chi connectivity index (χ2n) is 10.7. The maximum absolute atomic E-state index is 12.7. The summed E-state index contributed by atoms with van der Waals surface area (Å²) in [6.07, 6.45) is 8.99. The van der Waals surface area contributed by atoms with Gasteiger partial charge in [0, 0.05) is 17.8 Å². The quantitative estimate of drug-likeness (QED) is 0.708. The molecule has 27 heavy (non-hydrogen) atoms. The molecule has 1 saturated heterocycles. The first-order chi connectivity index (χ1) is 12.8. The summed E-state index contributed by atoms with van der Waals surface area (Å²) < 4.78 is 11.6. The minimum atomic E-state index is -0.780. The fourth-order valence-corrected chi connectivity index (χ4v) is 8.11. The fourth-order valence-electron chi connectivity index (χ4n) is 8.11. The zero-order chi connectivity index (χ0) is 19.0. The third-order valence-corrected chi connectivity index (χ3v) is 9.08. The largest absolute Gasteiger partial charge is 0.390 e. The molecular weight excluding hydrogens is 340 g/mol. The summed E-state index contributed by atoms with van der Waals surface area (Å²) in [5.74, 6) is 1.93. The Hall–Kier alpha value is -0.710. The lowest BCUT2D eigenvalue weighted by molar-refractivity contribution is -0.179. The molecule has 1 heterocycles. The molecule has 0 amide bonds. The molecule has 5 aliphatic rings. The van der Waals surface area contributed by atoms with Crippen molar-refractivity contribution in [1.29, 1.82) is 0 Å². The van der Waals surface area contributed by atoms with Crippen LogP contribution in [0.5, 0.6) is 0 Å². The van der Waals surface area contributed by atoms with Crippen LogP contribution in [0.4, 0.5) is 0 Å². The normalized spacial score (nSPS) is 52.9. The Balaban J connectivity index is 1.48. The second kappa shape index (κ2) is 5.90. The first-order valence-corrected chi connectivity index (χ1v) is 10.9. The molecule has 1 aliphatic heterocycles. The Labute approximate surface area is 162 Å². The van der Waals surface area contributed by atoms with Crippen LogP contribution in [0.1, 0.15) is 65.7 Å². The van der Waals surface area contributed by atoms with Gasteiger partial charge in [-0.05, 0) is 68.6 Å². The molecule has 0 aromatic carbocycles. The number of hydrogen-bond acceptors (Lipinski definition) is 4. The molecule has 0 spiro atoms. The number of Topliss-reactive ketones (excluding diaryl/α,β-unsaturated/α-hetero) is 1. The van der Waals surface area contributed by atoms with E-state index in [1.165, 1.54) is 5.57 Å². The van der Waals surface area contributed by atoms with Gasteiger partial charge in [-0.15, -0.1) is 0 Å². The van der Waals surface area contributed by atoms with E-state index in [1.807, 2.05) is 6.92 Å². The summed E-state index contributed by atoms with van der Waals surface area (Å²) in [5.41, 5.74) is 0.438. The average Bonchev–Trinajstić information content (AvgIpc) is 3.22. The van der Waals surface area contributed by atoms with Crippen LogP contribution in [0.25, 0.3) is 0 Å². The summed E-state index contributed by atoms with van der Waals surface area (Å²) in [7, 11) is 0. The number of rotatable bonds is 1. The van der Waals surface area contributed by atoms with E-state index in [9.17, 15) is 9.90 Å². The van der Waals surface area contributed by atoms with E-state index < -0.39 is 5.60 Å². The Kier molecular flexibility index (Phi) is 4.00. The van der Waals surface area contributed by atoms with E-state index in [1.54, 1.807) is 0 Å². The van der Waals surface area contributed by atoms with Crippen LogP contribution in [-0.2, 0) is 14.3 Å². The zero-order valence-electron chi connectivity index (χ0n) is 17.0. The standard InChI is InChI=1S/C23H34O4/c1-21-9-8-14(20-26-10-11-27-20)12-15(21)4-5-16-17-6-7-18(24)22(17,2)13-23(3,25)19(16)21/h4,14,16-17,19-20,25H,5-13H2,1-3H3/t14?,16?,17?,19?,21?,22?,23-/m0/s1. The predicted molar refractivity (Wildman–Crippen MR) is 102 cm³/mol. The molecule has 5 rings (SSSR count). The summed E-state index contributed by atoms with van der Waals surface area (Å²) in [4.78, 5) is 12.7. The van der Waals surface area contributed by atoms with E-state index in [-0.39, 0.29) is 23.0 Å². The van der Waals surface area contributed by atoms with Gasteiger partial charge in [0.2, 0.25) is 0 Å². The van der Waals surface area contributed by atoms with Gasteiger partial charge in [-0.3, -0.25) is 4.79 Å². The average molecular weight is 375 g/mol. The van der Waals surface area contributed by atoms with Crippen LogP contribution in [0.3, 0.4) is 0 Å². The minimum absolute atomic E-state index is 0.0362. The fraction of sp³-hybridized carbons (Fsp3) is 0.870. The van der Waals surface area contributed by atoms with Crippen molar-refractivity contribution in [3.05, 3.63) is 11.6 Å². The van der Waals surface area contributed by atoms with Gasteiger partial charge in [0.15, 0.2) is 6.29 Å². The van der Waals surface area contributed by atoms with Crippen LogP contribution in [-0.4, -0.2) is 36.0 Å². The van der Waals surface area contributed by atoms with Gasteiger partial charge in [-0.2, -0.15) is 0 Å². The monoisotopic (exact) mass is 374 g/mol. The highest BCUT2D eigenvalue weighted by molar-refractivity contribution is 5.87. The van der Waals surface area contributed by atoms with Gasteiger partial charge in [0.25, 0.3) is 0 Å². The summed E-state index contributed by atoms with van der Waals surface area (Å²) in [5, 5.41) is 11.7. The molecule has 4 fully saturated rings. The van der Waals surface area contributed by atoms with Gasteiger partial charge in [0.05, 0.1) is 18.8 Å². The third-order valence-electron chi connectivity index (χ3n) is 9.08. The topological polar surface area (TPSA) is 55.8 Å². The van der Waals surface area contributed by atoms with Crippen LogP contribution in [0.15, 0.2) is 11.6 Å². The van der Waals surface area contributed by atoms with Crippen molar-refractivity contribution in [3.63, 3.8) is 0 Å². The molecule has 150 valence electrons.